The minimum Gasteiger partial charge on any atom is -0.302 e. The number of fused-ring (bicyclic) bond motifs is 1. The van der Waals surface area contributed by atoms with Crippen LogP contribution in [0.3, 0.4) is 0 Å². The highest BCUT2D eigenvalue weighted by molar-refractivity contribution is 6.30. The molecule has 2 nitrogen and oxygen atoms in total. The number of rotatable bonds is 3. The molecule has 0 radical (unpaired) electrons. The maximum atomic E-state index is 6.07. The first-order valence-corrected chi connectivity index (χ1v) is 7.57. The Morgan fingerprint density at radius 1 is 1.30 bits per heavy atom. The van der Waals surface area contributed by atoms with Crippen LogP contribution < -0.4 is 5.32 Å². The Bertz CT molecular complexity index is 597. The van der Waals surface area contributed by atoms with Gasteiger partial charge in [0, 0.05) is 17.3 Å². The van der Waals surface area contributed by atoms with E-state index in [1.54, 1.807) is 0 Å². The van der Waals surface area contributed by atoms with Gasteiger partial charge in [-0.15, -0.1) is 0 Å². The lowest BCUT2D eigenvalue weighted by atomic mass is 9.91. The Morgan fingerprint density at radius 3 is 3.05 bits per heavy atom. The number of aryl methyl sites for hydroxylation is 1. The topological polar surface area (TPSA) is 24.9 Å². The minimum atomic E-state index is 0.270. The van der Waals surface area contributed by atoms with Crippen LogP contribution in [-0.2, 0) is 6.42 Å². The molecule has 0 fully saturated rings. The first kappa shape index (κ1) is 13.6. The van der Waals surface area contributed by atoms with Gasteiger partial charge in [-0.3, -0.25) is 4.98 Å². The van der Waals surface area contributed by atoms with Crippen LogP contribution in [0, 0.1) is 0 Å². The standard InChI is InChI=1S/C17H19ClN2/c1-12(14-6-2-8-15(18)11-14)20-16-9-3-5-13-7-4-10-19-17(13)16/h2,4,6-8,10-12,16,20H,3,5,9H2,1H3. The molecule has 0 spiro atoms. The predicted octanol–water partition coefficient (Wildman–Crippen LogP) is 4.46. The largest absolute Gasteiger partial charge is 0.302 e. The quantitative estimate of drug-likeness (QED) is 0.901. The van der Waals surface area contributed by atoms with E-state index in [1.807, 2.05) is 30.5 Å². The van der Waals surface area contributed by atoms with Crippen molar-refractivity contribution in [2.75, 3.05) is 0 Å². The van der Waals surface area contributed by atoms with Gasteiger partial charge in [0.05, 0.1) is 11.7 Å². The van der Waals surface area contributed by atoms with Gasteiger partial charge in [0.25, 0.3) is 0 Å². The molecule has 0 saturated carbocycles. The van der Waals surface area contributed by atoms with E-state index >= 15 is 0 Å². The van der Waals surface area contributed by atoms with Crippen molar-refractivity contribution >= 4 is 11.6 Å². The van der Waals surface area contributed by atoms with E-state index in [9.17, 15) is 0 Å². The van der Waals surface area contributed by atoms with E-state index in [0.29, 0.717) is 6.04 Å². The fourth-order valence-electron chi connectivity index (χ4n) is 2.95. The second kappa shape index (κ2) is 5.94. The van der Waals surface area contributed by atoms with Crippen LogP contribution >= 0.6 is 11.6 Å². The van der Waals surface area contributed by atoms with Crippen LogP contribution in [0.25, 0.3) is 0 Å². The van der Waals surface area contributed by atoms with Crippen LogP contribution in [0.2, 0.25) is 5.02 Å². The van der Waals surface area contributed by atoms with Gasteiger partial charge in [-0.05, 0) is 55.5 Å². The number of hydrogen-bond acceptors (Lipinski definition) is 2. The van der Waals surface area contributed by atoms with Gasteiger partial charge in [0.2, 0.25) is 0 Å². The molecule has 0 bridgehead atoms. The average Bonchev–Trinajstić information content (AvgIpc) is 2.47. The van der Waals surface area contributed by atoms with Crippen LogP contribution in [0.15, 0.2) is 42.6 Å². The summed E-state index contributed by atoms with van der Waals surface area (Å²) in [5, 5.41) is 4.49. The molecule has 3 heteroatoms. The maximum Gasteiger partial charge on any atom is 0.0605 e. The molecule has 3 rings (SSSR count). The molecular formula is C17H19ClN2. The third-order valence-corrected chi connectivity index (χ3v) is 4.23. The van der Waals surface area contributed by atoms with Crippen molar-refractivity contribution < 1.29 is 0 Å². The molecule has 1 aromatic heterocycles. The number of benzene rings is 1. The van der Waals surface area contributed by atoms with Crippen molar-refractivity contribution in [1.82, 2.24) is 10.3 Å². The molecule has 104 valence electrons. The van der Waals surface area contributed by atoms with Crippen LogP contribution in [0.4, 0.5) is 0 Å². The molecule has 1 aliphatic carbocycles. The van der Waals surface area contributed by atoms with E-state index in [4.69, 9.17) is 11.6 Å². The van der Waals surface area contributed by atoms with Crippen molar-refractivity contribution in [2.24, 2.45) is 0 Å². The van der Waals surface area contributed by atoms with Gasteiger partial charge >= 0.3 is 0 Å². The highest BCUT2D eigenvalue weighted by Crippen LogP contribution is 2.30. The Hall–Kier alpha value is -1.38. The van der Waals surface area contributed by atoms with Gasteiger partial charge in [-0.1, -0.05) is 29.8 Å². The lowest BCUT2D eigenvalue weighted by Crippen LogP contribution is -2.28. The average molecular weight is 287 g/mol. The first-order valence-electron chi connectivity index (χ1n) is 7.19. The number of nitrogens with one attached hydrogen (secondary N) is 1. The van der Waals surface area contributed by atoms with Crippen molar-refractivity contribution in [3.8, 4) is 0 Å². The van der Waals surface area contributed by atoms with Crippen molar-refractivity contribution in [1.29, 1.82) is 0 Å². The van der Waals surface area contributed by atoms with Gasteiger partial charge in [-0.2, -0.15) is 0 Å². The SMILES string of the molecule is CC(NC1CCCc2cccnc21)c1cccc(Cl)c1. The molecule has 2 atom stereocenters. The van der Waals surface area contributed by atoms with Gasteiger partial charge in [0.15, 0.2) is 0 Å². The molecular weight excluding hydrogens is 268 g/mol. The fourth-order valence-corrected chi connectivity index (χ4v) is 3.14. The van der Waals surface area contributed by atoms with Gasteiger partial charge < -0.3 is 5.32 Å². The zero-order valence-electron chi connectivity index (χ0n) is 11.6. The molecule has 2 aromatic rings. The lowest BCUT2D eigenvalue weighted by Gasteiger charge is -2.28. The van der Waals surface area contributed by atoms with Crippen molar-refractivity contribution in [2.45, 2.75) is 38.3 Å². The first-order chi connectivity index (χ1) is 9.74. The predicted molar refractivity (Wildman–Crippen MR) is 82.9 cm³/mol. The third kappa shape index (κ3) is 2.87. The highest BCUT2D eigenvalue weighted by Gasteiger charge is 2.22. The molecule has 1 aliphatic rings. The monoisotopic (exact) mass is 286 g/mol. The van der Waals surface area contributed by atoms with E-state index < -0.39 is 0 Å². The van der Waals surface area contributed by atoms with Crippen LogP contribution in [-0.4, -0.2) is 4.98 Å². The molecule has 1 heterocycles. The summed E-state index contributed by atoms with van der Waals surface area (Å²) in [6, 6.07) is 12.9. The zero-order chi connectivity index (χ0) is 13.9. The summed E-state index contributed by atoms with van der Waals surface area (Å²) in [7, 11) is 0. The second-order valence-corrected chi connectivity index (χ2v) is 5.87. The lowest BCUT2D eigenvalue weighted by molar-refractivity contribution is 0.406. The Kier molecular flexibility index (Phi) is 4.04. The number of pyridine rings is 1. The number of halogens is 1. The molecule has 20 heavy (non-hydrogen) atoms. The Morgan fingerprint density at radius 2 is 2.20 bits per heavy atom. The van der Waals surface area contributed by atoms with Crippen LogP contribution in [0.1, 0.15) is 48.7 Å². The summed E-state index contributed by atoms with van der Waals surface area (Å²) in [6.45, 7) is 2.18. The molecule has 1 N–H and O–H groups in total. The number of aromatic nitrogens is 1. The molecule has 2 unspecified atom stereocenters. The van der Waals surface area contributed by atoms with E-state index in [0.717, 1.165) is 17.9 Å². The normalized spacial score (nSPS) is 19.4. The zero-order valence-corrected chi connectivity index (χ0v) is 12.4. The van der Waals surface area contributed by atoms with Crippen LogP contribution in [0.5, 0.6) is 0 Å². The summed E-state index contributed by atoms with van der Waals surface area (Å²) in [5.74, 6) is 0. The smallest absolute Gasteiger partial charge is 0.0605 e. The molecule has 0 saturated heterocycles. The summed E-state index contributed by atoms with van der Waals surface area (Å²) < 4.78 is 0. The summed E-state index contributed by atoms with van der Waals surface area (Å²) >= 11 is 6.07. The number of hydrogen-bond donors (Lipinski definition) is 1. The summed E-state index contributed by atoms with van der Waals surface area (Å²) in [4.78, 5) is 4.58. The highest BCUT2D eigenvalue weighted by atomic mass is 35.5. The Labute approximate surface area is 125 Å². The van der Waals surface area contributed by atoms with E-state index in [1.165, 1.54) is 23.2 Å². The molecule has 1 aromatic carbocycles. The van der Waals surface area contributed by atoms with Crippen molar-refractivity contribution in [3.63, 3.8) is 0 Å². The van der Waals surface area contributed by atoms with E-state index in [2.05, 4.69) is 29.4 Å². The summed E-state index contributed by atoms with van der Waals surface area (Å²) in [5.41, 5.74) is 3.82. The van der Waals surface area contributed by atoms with Gasteiger partial charge in [0.1, 0.15) is 0 Å². The van der Waals surface area contributed by atoms with Gasteiger partial charge in [-0.25, -0.2) is 0 Å². The second-order valence-electron chi connectivity index (χ2n) is 5.44. The molecule has 0 aliphatic heterocycles. The van der Waals surface area contributed by atoms with E-state index in [-0.39, 0.29) is 6.04 Å². The number of nitrogens with zero attached hydrogens (tertiary/aromatic N) is 1. The minimum absolute atomic E-state index is 0.270. The maximum absolute atomic E-state index is 6.07. The Balaban J connectivity index is 1.79. The summed E-state index contributed by atoms with van der Waals surface area (Å²) in [6.07, 6.45) is 5.41. The third-order valence-electron chi connectivity index (χ3n) is 3.99. The van der Waals surface area contributed by atoms with Crippen molar-refractivity contribution in [3.05, 3.63) is 64.4 Å². The fraction of sp³-hybridized carbons (Fsp3) is 0.353. The molecule has 0 amide bonds.